The number of nitro groups is 1. The predicted molar refractivity (Wildman–Crippen MR) is 127 cm³/mol. The van der Waals surface area contributed by atoms with E-state index < -0.39 is 16.6 Å². The van der Waals surface area contributed by atoms with Crippen LogP contribution in [0.2, 0.25) is 10.0 Å². The predicted octanol–water partition coefficient (Wildman–Crippen LogP) is 4.69. The molecule has 1 atom stereocenters. The molecular formula is C22H15Cl2N5O4. The van der Waals surface area contributed by atoms with Crippen molar-refractivity contribution in [3.05, 3.63) is 109 Å². The highest BCUT2D eigenvalue weighted by atomic mass is 35.5. The normalized spacial score (nSPS) is 12.5. The smallest absolute Gasteiger partial charge is 0.276 e. The number of aromatic nitrogens is 2. The summed E-state index contributed by atoms with van der Waals surface area (Å²) < 4.78 is 0. The summed E-state index contributed by atoms with van der Waals surface area (Å²) in [7, 11) is 0. The van der Waals surface area contributed by atoms with Gasteiger partial charge in [-0.05, 0) is 30.3 Å². The molecule has 3 N–H and O–H groups in total. The van der Waals surface area contributed by atoms with Crippen LogP contribution in [0.3, 0.4) is 0 Å². The highest BCUT2D eigenvalue weighted by molar-refractivity contribution is 6.35. The standard InChI is InChI=1S/C22H15Cl2N5O4/c23-12-6-8-15(16(24)10-12)21(30)19(28-27-13-4-2-1-3-5-13)20-22(31)26-18-11-14(29(32)33)7-9-17(18)25-20/h1-11,21,27,30H,(H,26,31)/b28-19+. The van der Waals surface area contributed by atoms with E-state index in [1.54, 1.807) is 30.3 Å². The molecule has 4 aromatic rings. The Morgan fingerprint density at radius 1 is 1.12 bits per heavy atom. The van der Waals surface area contributed by atoms with Crippen LogP contribution >= 0.6 is 23.2 Å². The van der Waals surface area contributed by atoms with E-state index >= 15 is 0 Å². The number of nitro benzene ring substituents is 1. The zero-order chi connectivity index (χ0) is 23.5. The van der Waals surface area contributed by atoms with Gasteiger partial charge in [0.2, 0.25) is 0 Å². The Kier molecular flexibility index (Phi) is 6.36. The Balaban J connectivity index is 1.85. The summed E-state index contributed by atoms with van der Waals surface area (Å²) in [4.78, 5) is 30.2. The first-order valence-electron chi connectivity index (χ1n) is 9.54. The Bertz CT molecular complexity index is 1440. The van der Waals surface area contributed by atoms with Gasteiger partial charge >= 0.3 is 0 Å². The van der Waals surface area contributed by atoms with Crippen molar-refractivity contribution < 1.29 is 10.0 Å². The van der Waals surface area contributed by atoms with Crippen LogP contribution in [0.25, 0.3) is 11.0 Å². The molecule has 166 valence electrons. The van der Waals surface area contributed by atoms with Crippen molar-refractivity contribution in [2.75, 3.05) is 5.43 Å². The van der Waals surface area contributed by atoms with E-state index in [1.807, 2.05) is 6.07 Å². The van der Waals surface area contributed by atoms with E-state index in [-0.39, 0.29) is 38.7 Å². The molecule has 0 aliphatic rings. The number of hydrazone groups is 1. The van der Waals surface area contributed by atoms with Crippen molar-refractivity contribution in [3.63, 3.8) is 0 Å². The van der Waals surface area contributed by atoms with E-state index in [0.717, 1.165) is 0 Å². The molecule has 0 radical (unpaired) electrons. The van der Waals surface area contributed by atoms with Crippen LogP contribution in [0.15, 0.2) is 76.6 Å². The van der Waals surface area contributed by atoms with E-state index in [1.165, 1.54) is 30.3 Å². The number of hydrogen-bond donors (Lipinski definition) is 3. The maximum Gasteiger partial charge on any atom is 0.276 e. The van der Waals surface area contributed by atoms with Crippen molar-refractivity contribution in [1.29, 1.82) is 0 Å². The third-order valence-electron chi connectivity index (χ3n) is 4.72. The van der Waals surface area contributed by atoms with Gasteiger partial charge in [0, 0.05) is 27.7 Å². The van der Waals surface area contributed by atoms with Crippen molar-refractivity contribution >= 4 is 51.3 Å². The molecule has 0 spiro atoms. The first-order chi connectivity index (χ1) is 15.8. The second kappa shape index (κ2) is 9.37. The summed E-state index contributed by atoms with van der Waals surface area (Å²) in [6.07, 6.45) is -1.44. The number of anilines is 1. The summed E-state index contributed by atoms with van der Waals surface area (Å²) >= 11 is 12.2. The molecule has 33 heavy (non-hydrogen) atoms. The van der Waals surface area contributed by atoms with Gasteiger partial charge in [0.05, 0.1) is 21.6 Å². The Labute approximate surface area is 196 Å². The molecule has 0 fully saturated rings. The zero-order valence-corrected chi connectivity index (χ0v) is 18.2. The van der Waals surface area contributed by atoms with Gasteiger partial charge in [0.15, 0.2) is 5.69 Å². The number of aliphatic hydroxyl groups excluding tert-OH is 1. The number of aromatic amines is 1. The molecule has 0 aliphatic heterocycles. The van der Waals surface area contributed by atoms with Crippen LogP contribution in [0, 0.1) is 10.1 Å². The summed E-state index contributed by atoms with van der Waals surface area (Å²) in [5.41, 5.74) is 2.94. The van der Waals surface area contributed by atoms with Gasteiger partial charge in [-0.3, -0.25) is 20.3 Å². The minimum absolute atomic E-state index is 0.107. The number of nitrogens with zero attached hydrogens (tertiary/aromatic N) is 3. The Morgan fingerprint density at radius 2 is 1.88 bits per heavy atom. The first kappa shape index (κ1) is 22.4. The molecular weight excluding hydrogens is 469 g/mol. The van der Waals surface area contributed by atoms with Crippen LogP contribution in [0.5, 0.6) is 0 Å². The number of para-hydroxylation sites is 1. The highest BCUT2D eigenvalue weighted by Crippen LogP contribution is 2.28. The van der Waals surface area contributed by atoms with Crippen LogP contribution in [0.4, 0.5) is 11.4 Å². The van der Waals surface area contributed by atoms with Crippen LogP contribution in [0.1, 0.15) is 17.4 Å². The molecule has 0 saturated carbocycles. The van der Waals surface area contributed by atoms with E-state index in [2.05, 4.69) is 20.5 Å². The average Bonchev–Trinajstić information content (AvgIpc) is 2.79. The lowest BCUT2D eigenvalue weighted by molar-refractivity contribution is -0.384. The maximum atomic E-state index is 12.9. The maximum absolute atomic E-state index is 12.9. The number of non-ortho nitro benzene ring substituents is 1. The van der Waals surface area contributed by atoms with E-state index in [0.29, 0.717) is 10.7 Å². The Hall–Kier alpha value is -3.79. The fourth-order valence-corrected chi connectivity index (χ4v) is 3.62. The highest BCUT2D eigenvalue weighted by Gasteiger charge is 2.25. The summed E-state index contributed by atoms with van der Waals surface area (Å²) in [6, 6.07) is 17.3. The topological polar surface area (TPSA) is 134 Å². The molecule has 3 aromatic carbocycles. The second-order valence-electron chi connectivity index (χ2n) is 6.92. The van der Waals surface area contributed by atoms with Gasteiger partial charge < -0.3 is 10.1 Å². The number of benzene rings is 3. The van der Waals surface area contributed by atoms with Crippen molar-refractivity contribution in [2.45, 2.75) is 6.10 Å². The van der Waals surface area contributed by atoms with Crippen molar-refractivity contribution in [1.82, 2.24) is 9.97 Å². The molecule has 1 aromatic heterocycles. The Morgan fingerprint density at radius 3 is 2.58 bits per heavy atom. The largest absolute Gasteiger partial charge is 0.382 e. The number of aliphatic hydroxyl groups is 1. The minimum Gasteiger partial charge on any atom is -0.382 e. The third-order valence-corrected chi connectivity index (χ3v) is 5.29. The number of fused-ring (bicyclic) bond motifs is 1. The number of nitrogens with one attached hydrogen (secondary N) is 2. The van der Waals surface area contributed by atoms with Gasteiger partial charge in [-0.15, -0.1) is 0 Å². The molecule has 0 saturated heterocycles. The number of rotatable bonds is 6. The second-order valence-corrected chi connectivity index (χ2v) is 7.76. The lowest BCUT2D eigenvalue weighted by atomic mass is 10.0. The molecule has 0 bridgehead atoms. The van der Waals surface area contributed by atoms with Crippen LogP contribution < -0.4 is 11.0 Å². The van der Waals surface area contributed by atoms with E-state index in [4.69, 9.17) is 23.2 Å². The van der Waals surface area contributed by atoms with Gasteiger partial charge in [0.1, 0.15) is 11.8 Å². The van der Waals surface area contributed by atoms with Crippen molar-refractivity contribution in [3.8, 4) is 0 Å². The molecule has 9 nitrogen and oxygen atoms in total. The third kappa shape index (κ3) is 4.85. The zero-order valence-electron chi connectivity index (χ0n) is 16.7. The van der Waals surface area contributed by atoms with Gasteiger partial charge in [-0.2, -0.15) is 5.10 Å². The average molecular weight is 484 g/mol. The first-order valence-corrected chi connectivity index (χ1v) is 10.3. The molecule has 4 rings (SSSR count). The lowest BCUT2D eigenvalue weighted by Crippen LogP contribution is -2.26. The minimum atomic E-state index is -1.44. The van der Waals surface area contributed by atoms with Gasteiger partial charge in [-0.25, -0.2) is 4.98 Å². The SMILES string of the molecule is O=c1[nH]c2cc([N+](=O)[O-])ccc2nc1/C(=N\Nc1ccccc1)C(O)c1ccc(Cl)cc1Cl. The monoisotopic (exact) mass is 483 g/mol. The van der Waals surface area contributed by atoms with Gasteiger partial charge in [-0.1, -0.05) is 47.5 Å². The number of H-pyrrole nitrogens is 1. The van der Waals surface area contributed by atoms with E-state index in [9.17, 15) is 20.0 Å². The summed E-state index contributed by atoms with van der Waals surface area (Å²) in [5.74, 6) is 0. The van der Waals surface area contributed by atoms with Gasteiger partial charge in [0.25, 0.3) is 11.2 Å². The summed E-state index contributed by atoms with van der Waals surface area (Å²) in [5, 5.41) is 27.0. The van der Waals surface area contributed by atoms with Crippen LogP contribution in [-0.4, -0.2) is 25.7 Å². The lowest BCUT2D eigenvalue weighted by Gasteiger charge is -2.16. The molecule has 1 heterocycles. The quantitative estimate of drug-likeness (QED) is 0.207. The molecule has 0 amide bonds. The molecule has 11 heteroatoms. The number of hydrogen-bond acceptors (Lipinski definition) is 7. The fraction of sp³-hybridized carbons (Fsp3) is 0.0455. The van der Waals surface area contributed by atoms with Crippen molar-refractivity contribution in [2.24, 2.45) is 5.10 Å². The summed E-state index contributed by atoms with van der Waals surface area (Å²) in [6.45, 7) is 0. The van der Waals surface area contributed by atoms with Crippen LogP contribution in [-0.2, 0) is 0 Å². The molecule has 1 unspecified atom stereocenters. The molecule has 0 aliphatic carbocycles. The fourth-order valence-electron chi connectivity index (χ4n) is 3.11. The number of halogens is 2.